The van der Waals surface area contributed by atoms with Gasteiger partial charge in [-0.25, -0.2) is 8.42 Å². The summed E-state index contributed by atoms with van der Waals surface area (Å²) in [5.74, 6) is -0.611. The third-order valence-corrected chi connectivity index (χ3v) is 6.68. The summed E-state index contributed by atoms with van der Waals surface area (Å²) < 4.78 is 26.8. The lowest BCUT2D eigenvalue weighted by molar-refractivity contribution is 0.0948. The predicted molar refractivity (Wildman–Crippen MR) is 103 cm³/mol. The van der Waals surface area contributed by atoms with Gasteiger partial charge in [0.25, 0.3) is 5.91 Å². The molecule has 1 amide bonds. The first-order valence-corrected chi connectivity index (χ1v) is 10.6. The number of nitrogens with zero attached hydrogens (tertiary/aromatic N) is 1. The molecule has 6 nitrogen and oxygen atoms in total. The number of phenols is 1. The monoisotopic (exact) mass is 408 g/mol. The standard InChI is InChI=1S/C19H21ClN2O4S/c20-15-6-9-18(23)17(12-15)19(24)21-13-14-4-7-16(8-5-14)27(25,26)22-10-2-1-3-11-22/h4-9,12,23H,1-3,10-11,13H2,(H,21,24). The molecule has 1 saturated heterocycles. The molecular weight excluding hydrogens is 388 g/mol. The van der Waals surface area contributed by atoms with Gasteiger partial charge in [-0.2, -0.15) is 4.31 Å². The molecule has 2 aromatic rings. The van der Waals surface area contributed by atoms with Crippen molar-refractivity contribution >= 4 is 27.5 Å². The molecule has 1 aliphatic heterocycles. The van der Waals surface area contributed by atoms with E-state index in [-0.39, 0.29) is 22.8 Å². The summed E-state index contributed by atoms with van der Waals surface area (Å²) in [6, 6.07) is 10.7. The molecule has 2 aromatic carbocycles. The maximum Gasteiger partial charge on any atom is 0.255 e. The smallest absolute Gasteiger partial charge is 0.255 e. The highest BCUT2D eigenvalue weighted by Gasteiger charge is 2.25. The molecule has 0 radical (unpaired) electrons. The Morgan fingerprint density at radius 2 is 1.74 bits per heavy atom. The molecule has 0 bridgehead atoms. The lowest BCUT2D eigenvalue weighted by Gasteiger charge is -2.25. The number of aromatic hydroxyl groups is 1. The number of sulfonamides is 1. The molecule has 0 spiro atoms. The zero-order valence-electron chi connectivity index (χ0n) is 14.7. The molecule has 2 N–H and O–H groups in total. The molecule has 0 saturated carbocycles. The van der Waals surface area contributed by atoms with Crippen LogP contribution in [0.1, 0.15) is 35.2 Å². The largest absolute Gasteiger partial charge is 0.507 e. The van der Waals surface area contributed by atoms with Gasteiger partial charge in [0, 0.05) is 24.7 Å². The number of rotatable bonds is 5. The van der Waals surface area contributed by atoms with Crippen molar-refractivity contribution in [2.45, 2.75) is 30.7 Å². The van der Waals surface area contributed by atoms with Gasteiger partial charge in [-0.05, 0) is 48.7 Å². The minimum Gasteiger partial charge on any atom is -0.507 e. The number of halogens is 1. The van der Waals surface area contributed by atoms with Gasteiger partial charge in [-0.15, -0.1) is 0 Å². The van der Waals surface area contributed by atoms with Crippen LogP contribution in [0.5, 0.6) is 5.75 Å². The second-order valence-corrected chi connectivity index (χ2v) is 8.83. The Morgan fingerprint density at radius 3 is 2.41 bits per heavy atom. The summed E-state index contributed by atoms with van der Waals surface area (Å²) >= 11 is 5.85. The fourth-order valence-electron chi connectivity index (χ4n) is 3.00. The molecule has 3 rings (SSSR count). The molecule has 144 valence electrons. The number of hydrogen-bond acceptors (Lipinski definition) is 4. The molecular formula is C19H21ClN2O4S. The van der Waals surface area contributed by atoms with Crippen LogP contribution in [0.15, 0.2) is 47.4 Å². The van der Waals surface area contributed by atoms with Crippen LogP contribution in [0.2, 0.25) is 5.02 Å². The summed E-state index contributed by atoms with van der Waals surface area (Å²) in [6.45, 7) is 1.32. The van der Waals surface area contributed by atoms with Crippen LogP contribution < -0.4 is 5.32 Å². The Kier molecular flexibility index (Phi) is 6.04. The molecule has 27 heavy (non-hydrogen) atoms. The number of amides is 1. The Morgan fingerprint density at radius 1 is 1.07 bits per heavy atom. The zero-order valence-corrected chi connectivity index (χ0v) is 16.3. The normalized spacial score (nSPS) is 15.4. The highest BCUT2D eigenvalue weighted by molar-refractivity contribution is 7.89. The number of piperidine rings is 1. The Hall–Kier alpha value is -2.09. The van der Waals surface area contributed by atoms with Crippen molar-refractivity contribution in [2.75, 3.05) is 13.1 Å². The van der Waals surface area contributed by atoms with E-state index in [4.69, 9.17) is 11.6 Å². The molecule has 1 aliphatic rings. The average molecular weight is 409 g/mol. The summed E-state index contributed by atoms with van der Waals surface area (Å²) in [7, 11) is -3.47. The average Bonchev–Trinajstić information content (AvgIpc) is 2.69. The number of phenolic OH excluding ortho intramolecular Hbond substituents is 1. The van der Waals surface area contributed by atoms with Gasteiger partial charge in [0.05, 0.1) is 10.5 Å². The van der Waals surface area contributed by atoms with E-state index in [2.05, 4.69) is 5.32 Å². The summed E-state index contributed by atoms with van der Waals surface area (Å²) in [6.07, 6.45) is 2.84. The fraction of sp³-hybridized carbons (Fsp3) is 0.316. The predicted octanol–water partition coefficient (Wildman–Crippen LogP) is 3.15. The number of carbonyl (C=O) groups excluding carboxylic acids is 1. The van der Waals surface area contributed by atoms with Crippen molar-refractivity contribution in [3.05, 3.63) is 58.6 Å². The van der Waals surface area contributed by atoms with E-state index >= 15 is 0 Å². The number of nitrogens with one attached hydrogen (secondary N) is 1. The van der Waals surface area contributed by atoms with Crippen molar-refractivity contribution in [3.63, 3.8) is 0 Å². The highest BCUT2D eigenvalue weighted by atomic mass is 35.5. The molecule has 0 aliphatic carbocycles. The maximum atomic E-state index is 12.6. The molecule has 0 aromatic heterocycles. The van der Waals surface area contributed by atoms with E-state index in [1.54, 1.807) is 24.3 Å². The second kappa shape index (κ2) is 8.29. The summed E-state index contributed by atoms with van der Waals surface area (Å²) in [5, 5.41) is 12.8. The summed E-state index contributed by atoms with van der Waals surface area (Å²) in [5.41, 5.74) is 0.842. The van der Waals surface area contributed by atoms with Crippen LogP contribution >= 0.6 is 11.6 Å². The van der Waals surface area contributed by atoms with E-state index < -0.39 is 15.9 Å². The number of carbonyl (C=O) groups is 1. The Labute approximate surface area is 163 Å². The second-order valence-electron chi connectivity index (χ2n) is 6.45. The van der Waals surface area contributed by atoms with Gasteiger partial charge in [0.15, 0.2) is 0 Å². The first-order chi connectivity index (χ1) is 12.9. The van der Waals surface area contributed by atoms with E-state index in [0.29, 0.717) is 18.1 Å². The molecule has 8 heteroatoms. The fourth-order valence-corrected chi connectivity index (χ4v) is 4.69. The molecule has 0 atom stereocenters. The van der Waals surface area contributed by atoms with Gasteiger partial charge in [0.2, 0.25) is 10.0 Å². The topological polar surface area (TPSA) is 86.7 Å². The van der Waals surface area contributed by atoms with Crippen LogP contribution in [0.25, 0.3) is 0 Å². The summed E-state index contributed by atoms with van der Waals surface area (Å²) in [4.78, 5) is 12.4. The van der Waals surface area contributed by atoms with Crippen LogP contribution in [0, 0.1) is 0 Å². The lowest BCUT2D eigenvalue weighted by Crippen LogP contribution is -2.35. The van der Waals surface area contributed by atoms with Crippen molar-refractivity contribution in [3.8, 4) is 5.75 Å². The minimum atomic E-state index is -3.47. The van der Waals surface area contributed by atoms with E-state index in [1.807, 2.05) is 0 Å². The van der Waals surface area contributed by atoms with Gasteiger partial charge >= 0.3 is 0 Å². The highest BCUT2D eigenvalue weighted by Crippen LogP contribution is 2.22. The lowest BCUT2D eigenvalue weighted by atomic mass is 10.1. The maximum absolute atomic E-state index is 12.6. The van der Waals surface area contributed by atoms with Gasteiger partial charge in [-0.3, -0.25) is 4.79 Å². The Bertz CT molecular complexity index is 923. The SMILES string of the molecule is O=C(NCc1ccc(S(=O)(=O)N2CCCCC2)cc1)c1cc(Cl)ccc1O. The number of hydrogen-bond donors (Lipinski definition) is 2. The first kappa shape index (κ1) is 19.7. The van der Waals surface area contributed by atoms with Gasteiger partial charge in [0.1, 0.15) is 5.75 Å². The Balaban J connectivity index is 1.65. The van der Waals surface area contributed by atoms with E-state index in [1.165, 1.54) is 22.5 Å². The van der Waals surface area contributed by atoms with Crippen LogP contribution in [-0.2, 0) is 16.6 Å². The molecule has 1 fully saturated rings. The molecule has 1 heterocycles. The van der Waals surface area contributed by atoms with Crippen molar-refractivity contribution in [1.29, 1.82) is 0 Å². The number of benzene rings is 2. The minimum absolute atomic E-state index is 0.0896. The first-order valence-electron chi connectivity index (χ1n) is 8.74. The van der Waals surface area contributed by atoms with Crippen molar-refractivity contribution in [2.24, 2.45) is 0 Å². The van der Waals surface area contributed by atoms with E-state index in [0.717, 1.165) is 24.8 Å². The third kappa shape index (κ3) is 4.61. The third-order valence-electron chi connectivity index (χ3n) is 4.53. The van der Waals surface area contributed by atoms with Gasteiger partial charge in [-0.1, -0.05) is 30.2 Å². The van der Waals surface area contributed by atoms with Crippen molar-refractivity contribution in [1.82, 2.24) is 9.62 Å². The van der Waals surface area contributed by atoms with Crippen LogP contribution in [-0.4, -0.2) is 36.8 Å². The van der Waals surface area contributed by atoms with Crippen LogP contribution in [0.3, 0.4) is 0 Å². The van der Waals surface area contributed by atoms with Crippen LogP contribution in [0.4, 0.5) is 0 Å². The van der Waals surface area contributed by atoms with Crippen molar-refractivity contribution < 1.29 is 18.3 Å². The van der Waals surface area contributed by atoms with Gasteiger partial charge < -0.3 is 10.4 Å². The zero-order chi connectivity index (χ0) is 19.4. The quantitative estimate of drug-likeness (QED) is 0.795. The molecule has 0 unspecified atom stereocenters. The van der Waals surface area contributed by atoms with E-state index in [9.17, 15) is 18.3 Å².